The van der Waals surface area contributed by atoms with E-state index >= 15 is 0 Å². The first-order valence-corrected chi connectivity index (χ1v) is 11.7. The molecule has 0 amide bonds. The largest absolute Gasteiger partial charge is 0.466 e. The van der Waals surface area contributed by atoms with Crippen molar-refractivity contribution >= 4 is 32.4 Å². The molecule has 31 heavy (non-hydrogen) atoms. The Balaban J connectivity index is 1.47. The van der Waals surface area contributed by atoms with Crippen LogP contribution in [0.4, 0.5) is 0 Å². The molecule has 0 aromatic heterocycles. The number of hydrazone groups is 1. The van der Waals surface area contributed by atoms with Gasteiger partial charge in [-0.15, -0.1) is 0 Å². The van der Waals surface area contributed by atoms with Gasteiger partial charge in [0.05, 0.1) is 24.0 Å². The lowest BCUT2D eigenvalue weighted by Gasteiger charge is -2.52. The quantitative estimate of drug-likeness (QED) is 0.405. The van der Waals surface area contributed by atoms with Gasteiger partial charge in [0.1, 0.15) is 5.75 Å². The van der Waals surface area contributed by atoms with Gasteiger partial charge < -0.3 is 9.47 Å². The average molecular weight is 477 g/mol. The fourth-order valence-corrected chi connectivity index (χ4v) is 5.75. The molecule has 1 saturated heterocycles. The smallest absolute Gasteiger partial charge is 0.203 e. The highest BCUT2D eigenvalue weighted by Crippen LogP contribution is 2.52. The second-order valence-electron chi connectivity index (χ2n) is 9.44. The van der Waals surface area contributed by atoms with Crippen LogP contribution in [0, 0.1) is 0 Å². The Morgan fingerprint density at radius 2 is 1.87 bits per heavy atom. The summed E-state index contributed by atoms with van der Waals surface area (Å²) in [4.78, 5) is 0. The van der Waals surface area contributed by atoms with E-state index in [0.29, 0.717) is 6.61 Å². The molecule has 3 aromatic rings. The van der Waals surface area contributed by atoms with Crippen molar-refractivity contribution in [3.05, 3.63) is 76.3 Å². The van der Waals surface area contributed by atoms with E-state index in [1.165, 1.54) is 21.9 Å². The molecule has 2 atom stereocenters. The maximum atomic E-state index is 6.74. The Kier molecular flexibility index (Phi) is 4.25. The van der Waals surface area contributed by atoms with Crippen molar-refractivity contribution in [2.45, 2.75) is 50.5 Å². The minimum Gasteiger partial charge on any atom is -0.466 e. The third-order valence-corrected chi connectivity index (χ3v) is 7.22. The van der Waals surface area contributed by atoms with Gasteiger partial charge in [0.25, 0.3) is 0 Å². The molecule has 0 radical (unpaired) electrons. The topological polar surface area (TPSA) is 34.1 Å². The third kappa shape index (κ3) is 3.17. The number of hydrogen-bond acceptors (Lipinski definition) is 4. The lowest BCUT2D eigenvalue weighted by Crippen LogP contribution is -2.60. The van der Waals surface area contributed by atoms with E-state index in [9.17, 15) is 0 Å². The van der Waals surface area contributed by atoms with Gasteiger partial charge in [0.15, 0.2) is 0 Å². The fourth-order valence-electron chi connectivity index (χ4n) is 5.37. The Bertz CT molecular complexity index is 1220. The first kappa shape index (κ1) is 19.3. The van der Waals surface area contributed by atoms with Crippen LogP contribution in [-0.2, 0) is 4.74 Å². The zero-order chi connectivity index (χ0) is 21.2. The maximum Gasteiger partial charge on any atom is 0.203 e. The molecular formula is C26H25BrN2O2. The molecule has 0 bridgehead atoms. The molecular weight excluding hydrogens is 452 g/mol. The van der Waals surface area contributed by atoms with Gasteiger partial charge in [-0.3, -0.25) is 0 Å². The first-order valence-electron chi connectivity index (χ1n) is 10.9. The highest BCUT2D eigenvalue weighted by atomic mass is 79.9. The lowest BCUT2D eigenvalue weighted by atomic mass is 9.86. The van der Waals surface area contributed by atoms with E-state index in [1.807, 2.05) is 0 Å². The Labute approximate surface area is 191 Å². The van der Waals surface area contributed by atoms with Gasteiger partial charge >= 0.3 is 0 Å². The standard InChI is InChI=1S/C26H25BrN2O2/c1-25(2)16-26(11-12-30-25)29-23(21-14-20(27)9-10-24(21)31-26)15-22(28-29)19-8-7-17-5-3-4-6-18(17)13-19/h3-10,13-14,23H,11-12,15-16H2,1-2H3/t23-,26-/m0/s1. The normalized spacial score (nSPS) is 26.4. The van der Waals surface area contributed by atoms with Crippen LogP contribution in [0.1, 0.15) is 50.3 Å². The van der Waals surface area contributed by atoms with Crippen molar-refractivity contribution in [2.75, 3.05) is 6.61 Å². The molecule has 3 aliphatic rings. The van der Waals surface area contributed by atoms with Gasteiger partial charge in [-0.25, -0.2) is 5.01 Å². The van der Waals surface area contributed by atoms with Crippen LogP contribution < -0.4 is 4.74 Å². The van der Waals surface area contributed by atoms with Gasteiger partial charge in [-0.2, -0.15) is 5.10 Å². The molecule has 5 heteroatoms. The first-order chi connectivity index (χ1) is 14.9. The minimum atomic E-state index is -0.480. The summed E-state index contributed by atoms with van der Waals surface area (Å²) in [5, 5.41) is 9.96. The lowest BCUT2D eigenvalue weighted by molar-refractivity contribution is -0.212. The summed E-state index contributed by atoms with van der Waals surface area (Å²) in [7, 11) is 0. The van der Waals surface area contributed by atoms with Crippen LogP contribution in [0.2, 0.25) is 0 Å². The minimum absolute atomic E-state index is 0.164. The predicted molar refractivity (Wildman–Crippen MR) is 126 cm³/mol. The Hall–Kier alpha value is -2.37. The zero-order valence-electron chi connectivity index (χ0n) is 17.8. The summed E-state index contributed by atoms with van der Waals surface area (Å²) < 4.78 is 13.8. The van der Waals surface area contributed by atoms with E-state index in [0.717, 1.165) is 35.2 Å². The molecule has 1 fully saturated rings. The molecule has 0 aliphatic carbocycles. The number of nitrogens with zero attached hydrogens (tertiary/aromatic N) is 2. The van der Waals surface area contributed by atoms with E-state index in [-0.39, 0.29) is 11.6 Å². The van der Waals surface area contributed by atoms with E-state index in [1.54, 1.807) is 0 Å². The number of fused-ring (bicyclic) bond motifs is 5. The third-order valence-electron chi connectivity index (χ3n) is 6.73. The van der Waals surface area contributed by atoms with Crippen molar-refractivity contribution in [3.63, 3.8) is 0 Å². The maximum absolute atomic E-state index is 6.74. The number of ether oxygens (including phenoxy) is 2. The summed E-state index contributed by atoms with van der Waals surface area (Å²) >= 11 is 3.65. The number of hydrogen-bond donors (Lipinski definition) is 0. The summed E-state index contributed by atoms with van der Waals surface area (Å²) in [6, 6.07) is 21.6. The summed E-state index contributed by atoms with van der Waals surface area (Å²) in [5.41, 5.74) is 2.77. The van der Waals surface area contributed by atoms with Crippen LogP contribution in [0.5, 0.6) is 5.75 Å². The summed E-state index contributed by atoms with van der Waals surface area (Å²) in [5.74, 6) is 0.970. The van der Waals surface area contributed by atoms with E-state index < -0.39 is 5.72 Å². The van der Waals surface area contributed by atoms with E-state index in [4.69, 9.17) is 14.6 Å². The van der Waals surface area contributed by atoms with Crippen LogP contribution in [0.25, 0.3) is 10.8 Å². The molecule has 0 unspecified atom stereocenters. The highest BCUT2D eigenvalue weighted by molar-refractivity contribution is 9.10. The second-order valence-corrected chi connectivity index (χ2v) is 10.4. The number of benzene rings is 3. The molecule has 3 aromatic carbocycles. The molecule has 6 rings (SSSR count). The predicted octanol–water partition coefficient (Wildman–Crippen LogP) is 6.43. The molecule has 3 aliphatic heterocycles. The fraction of sp³-hybridized carbons (Fsp3) is 0.346. The summed E-state index contributed by atoms with van der Waals surface area (Å²) in [6.45, 7) is 4.96. The van der Waals surface area contributed by atoms with Crippen molar-refractivity contribution in [1.29, 1.82) is 0 Å². The zero-order valence-corrected chi connectivity index (χ0v) is 19.4. The van der Waals surface area contributed by atoms with Gasteiger partial charge in [0.2, 0.25) is 5.72 Å². The Morgan fingerprint density at radius 3 is 2.71 bits per heavy atom. The van der Waals surface area contributed by atoms with Crippen LogP contribution in [-0.4, -0.2) is 28.7 Å². The van der Waals surface area contributed by atoms with Crippen LogP contribution in [0.15, 0.2) is 70.2 Å². The molecule has 158 valence electrons. The monoisotopic (exact) mass is 476 g/mol. The van der Waals surface area contributed by atoms with Gasteiger partial charge in [0, 0.05) is 29.3 Å². The summed E-state index contributed by atoms with van der Waals surface area (Å²) in [6.07, 6.45) is 2.45. The highest BCUT2D eigenvalue weighted by Gasteiger charge is 2.54. The van der Waals surface area contributed by atoms with Gasteiger partial charge in [-0.05, 0) is 54.4 Å². The molecule has 4 nitrogen and oxygen atoms in total. The van der Waals surface area contributed by atoms with Gasteiger partial charge in [-0.1, -0.05) is 52.3 Å². The Morgan fingerprint density at radius 1 is 1.03 bits per heavy atom. The van der Waals surface area contributed by atoms with Crippen molar-refractivity contribution < 1.29 is 9.47 Å². The molecule has 3 heterocycles. The SMILES string of the molecule is CC1(C)C[C@]2(CCO1)Oc1ccc(Br)cc1[C@@H]1CC(c3ccc4ccccc4c3)=NN12. The molecule has 1 spiro atoms. The van der Waals surface area contributed by atoms with Crippen LogP contribution in [0.3, 0.4) is 0 Å². The average Bonchev–Trinajstić information content (AvgIpc) is 3.20. The van der Waals surface area contributed by atoms with Crippen molar-refractivity contribution in [3.8, 4) is 5.75 Å². The van der Waals surface area contributed by atoms with Crippen molar-refractivity contribution in [1.82, 2.24) is 5.01 Å². The molecule has 0 saturated carbocycles. The number of rotatable bonds is 1. The van der Waals surface area contributed by atoms with E-state index in [2.05, 4.69) is 95.5 Å². The second kappa shape index (κ2) is 6.81. The number of halogens is 1. The molecule has 0 N–H and O–H groups in total. The van der Waals surface area contributed by atoms with Crippen molar-refractivity contribution in [2.24, 2.45) is 5.10 Å². The van der Waals surface area contributed by atoms with Crippen LogP contribution >= 0.6 is 15.9 Å².